The van der Waals surface area contributed by atoms with Gasteiger partial charge in [0, 0.05) is 17.1 Å². The van der Waals surface area contributed by atoms with E-state index in [-0.39, 0.29) is 0 Å². The molecule has 0 bridgehead atoms. The first-order valence-corrected chi connectivity index (χ1v) is 12.3. The molecule has 1 aliphatic rings. The van der Waals surface area contributed by atoms with Gasteiger partial charge in [0.25, 0.3) is 0 Å². The molecule has 1 saturated carbocycles. The zero-order valence-electron chi connectivity index (χ0n) is 18.5. The molecule has 0 aliphatic heterocycles. The van der Waals surface area contributed by atoms with E-state index in [1.54, 1.807) is 0 Å². The van der Waals surface area contributed by atoms with E-state index in [1.165, 1.54) is 43.2 Å². The van der Waals surface area contributed by atoms with Crippen LogP contribution in [0.3, 0.4) is 0 Å². The maximum atomic E-state index is 10.5. The average molecular weight is 467 g/mol. The van der Waals surface area contributed by atoms with E-state index in [0.29, 0.717) is 12.0 Å². The summed E-state index contributed by atoms with van der Waals surface area (Å²) >= 11 is 3.77. The maximum Gasteiger partial charge on any atom is 0.0861 e. The molecule has 0 N–H and O–H groups in total. The summed E-state index contributed by atoms with van der Waals surface area (Å²) in [5, 5.41) is 10.5. The molecule has 0 heterocycles. The van der Waals surface area contributed by atoms with E-state index in [1.807, 2.05) is 0 Å². The third-order valence-corrected chi connectivity index (χ3v) is 7.52. The highest BCUT2D eigenvalue weighted by Gasteiger charge is 2.42. The third-order valence-electron chi connectivity index (χ3n) is 6.83. The number of nitrogens with zero attached hydrogens (tertiary/aromatic N) is 2. The first-order chi connectivity index (χ1) is 14.6. The van der Waals surface area contributed by atoms with Crippen molar-refractivity contribution in [3.63, 3.8) is 0 Å². The minimum Gasteiger partial charge on any atom is -0.297 e. The van der Waals surface area contributed by atoms with Gasteiger partial charge in [0.05, 0.1) is 11.5 Å². The number of hydrogen-bond donors (Lipinski definition) is 0. The molecule has 1 aliphatic carbocycles. The molecular formula is C27H35BrN2. The summed E-state index contributed by atoms with van der Waals surface area (Å²) in [7, 11) is 0. The van der Waals surface area contributed by atoms with E-state index in [0.717, 1.165) is 30.4 Å². The summed E-state index contributed by atoms with van der Waals surface area (Å²) in [4.78, 5) is 2.54. The molecule has 0 radical (unpaired) electrons. The monoisotopic (exact) mass is 466 g/mol. The molecule has 0 spiro atoms. The van der Waals surface area contributed by atoms with Crippen LogP contribution in [-0.4, -0.2) is 17.5 Å². The molecule has 1 unspecified atom stereocenters. The molecule has 0 amide bonds. The van der Waals surface area contributed by atoms with Gasteiger partial charge >= 0.3 is 0 Å². The Bertz CT molecular complexity index is 820. The molecule has 2 aromatic carbocycles. The van der Waals surface area contributed by atoms with Crippen molar-refractivity contribution < 1.29 is 0 Å². The first-order valence-electron chi connectivity index (χ1n) is 11.5. The lowest BCUT2D eigenvalue weighted by Crippen LogP contribution is -2.38. The van der Waals surface area contributed by atoms with Crippen LogP contribution in [0.4, 0.5) is 0 Å². The van der Waals surface area contributed by atoms with Gasteiger partial charge in [-0.2, -0.15) is 5.26 Å². The fourth-order valence-corrected chi connectivity index (χ4v) is 5.72. The number of hydrogen-bond acceptors (Lipinski definition) is 2. The SMILES string of the molecule is CC(C)N(CCCC(C#N)(c1ccccc1Br)C1CCCCC1)Cc1ccccc1. The Morgan fingerprint density at radius 3 is 2.33 bits per heavy atom. The normalized spacial score (nSPS) is 17.1. The van der Waals surface area contributed by atoms with E-state index in [2.05, 4.69) is 95.3 Å². The predicted molar refractivity (Wildman–Crippen MR) is 129 cm³/mol. The lowest BCUT2D eigenvalue weighted by atomic mass is 9.63. The van der Waals surface area contributed by atoms with Gasteiger partial charge in [-0.1, -0.05) is 83.7 Å². The van der Waals surface area contributed by atoms with Crippen LogP contribution in [0.5, 0.6) is 0 Å². The summed E-state index contributed by atoms with van der Waals surface area (Å²) in [6, 6.07) is 22.5. The van der Waals surface area contributed by atoms with Gasteiger partial charge < -0.3 is 0 Å². The van der Waals surface area contributed by atoms with Gasteiger partial charge in [-0.15, -0.1) is 0 Å². The molecule has 1 atom stereocenters. The second-order valence-corrected chi connectivity index (χ2v) is 9.91. The Labute approximate surface area is 191 Å². The molecule has 0 aromatic heterocycles. The standard InChI is InChI=1S/C27H35BrN2/c1-22(2)30(20-23-12-5-3-6-13-23)19-11-18-27(21-29,24-14-7-4-8-15-24)25-16-9-10-17-26(25)28/h3,5-6,9-10,12-13,16-17,22,24H,4,7-8,11,14-15,18-20H2,1-2H3. The van der Waals surface area contributed by atoms with Gasteiger partial charge in [0.15, 0.2) is 0 Å². The van der Waals surface area contributed by atoms with Gasteiger partial charge in [-0.3, -0.25) is 4.90 Å². The molecule has 1 fully saturated rings. The molecule has 2 nitrogen and oxygen atoms in total. The van der Waals surface area contributed by atoms with Crippen LogP contribution in [0.2, 0.25) is 0 Å². The number of rotatable bonds is 9. The topological polar surface area (TPSA) is 27.0 Å². The molecule has 160 valence electrons. The highest BCUT2D eigenvalue weighted by Crippen LogP contribution is 2.46. The fraction of sp³-hybridized carbons (Fsp3) is 0.519. The van der Waals surface area contributed by atoms with Crippen LogP contribution < -0.4 is 0 Å². The van der Waals surface area contributed by atoms with Crippen LogP contribution in [0.15, 0.2) is 59.1 Å². The molecular weight excluding hydrogens is 432 g/mol. The Balaban J connectivity index is 1.77. The smallest absolute Gasteiger partial charge is 0.0861 e. The minimum absolute atomic E-state index is 0.393. The number of benzene rings is 2. The zero-order chi connectivity index (χ0) is 21.4. The Kier molecular flexibility index (Phi) is 8.54. The fourth-order valence-electron chi connectivity index (χ4n) is 5.08. The van der Waals surface area contributed by atoms with E-state index >= 15 is 0 Å². The van der Waals surface area contributed by atoms with Gasteiger partial charge in [0.2, 0.25) is 0 Å². The van der Waals surface area contributed by atoms with Crippen molar-refractivity contribution in [1.82, 2.24) is 4.90 Å². The second-order valence-electron chi connectivity index (χ2n) is 9.05. The van der Waals surface area contributed by atoms with Crippen molar-refractivity contribution in [1.29, 1.82) is 5.26 Å². The summed E-state index contributed by atoms with van der Waals surface area (Å²) in [6.07, 6.45) is 8.13. The summed E-state index contributed by atoms with van der Waals surface area (Å²) in [5.74, 6) is 0.455. The second kappa shape index (κ2) is 11.1. The van der Waals surface area contributed by atoms with E-state index in [9.17, 15) is 5.26 Å². The minimum atomic E-state index is -0.393. The summed E-state index contributed by atoms with van der Waals surface area (Å²) in [6.45, 7) is 6.54. The Morgan fingerprint density at radius 1 is 1.03 bits per heavy atom. The summed E-state index contributed by atoms with van der Waals surface area (Å²) in [5.41, 5.74) is 2.16. The quantitative estimate of drug-likeness (QED) is 0.382. The van der Waals surface area contributed by atoms with Crippen LogP contribution in [-0.2, 0) is 12.0 Å². The first kappa shape index (κ1) is 23.0. The maximum absolute atomic E-state index is 10.5. The average Bonchev–Trinajstić information content (AvgIpc) is 2.78. The number of nitriles is 1. The molecule has 3 heteroatoms. The van der Waals surface area contributed by atoms with Crippen molar-refractivity contribution in [2.24, 2.45) is 5.92 Å². The lowest BCUT2D eigenvalue weighted by Gasteiger charge is -2.39. The van der Waals surface area contributed by atoms with Crippen molar-refractivity contribution >= 4 is 15.9 Å². The van der Waals surface area contributed by atoms with Crippen LogP contribution in [0, 0.1) is 17.2 Å². The van der Waals surface area contributed by atoms with Crippen LogP contribution >= 0.6 is 15.9 Å². The Hall–Kier alpha value is -1.63. The molecule has 2 aromatic rings. The van der Waals surface area contributed by atoms with Gasteiger partial charge in [0.1, 0.15) is 0 Å². The summed E-state index contributed by atoms with van der Waals surface area (Å²) < 4.78 is 1.09. The van der Waals surface area contributed by atoms with Gasteiger partial charge in [-0.05, 0) is 69.2 Å². The predicted octanol–water partition coefficient (Wildman–Crippen LogP) is 7.48. The number of halogens is 1. The van der Waals surface area contributed by atoms with Gasteiger partial charge in [-0.25, -0.2) is 0 Å². The molecule has 0 saturated heterocycles. The third kappa shape index (κ3) is 5.54. The van der Waals surface area contributed by atoms with E-state index in [4.69, 9.17) is 0 Å². The lowest BCUT2D eigenvalue weighted by molar-refractivity contribution is 0.186. The van der Waals surface area contributed by atoms with Crippen molar-refractivity contribution in [3.8, 4) is 6.07 Å². The largest absolute Gasteiger partial charge is 0.297 e. The van der Waals surface area contributed by atoms with E-state index < -0.39 is 5.41 Å². The molecule has 30 heavy (non-hydrogen) atoms. The highest BCUT2D eigenvalue weighted by atomic mass is 79.9. The zero-order valence-corrected chi connectivity index (χ0v) is 20.1. The highest BCUT2D eigenvalue weighted by molar-refractivity contribution is 9.10. The van der Waals surface area contributed by atoms with Crippen molar-refractivity contribution in [2.75, 3.05) is 6.54 Å². The Morgan fingerprint density at radius 2 is 1.70 bits per heavy atom. The van der Waals surface area contributed by atoms with Crippen LogP contribution in [0.25, 0.3) is 0 Å². The molecule has 3 rings (SSSR count). The van der Waals surface area contributed by atoms with Crippen molar-refractivity contribution in [2.45, 2.75) is 76.8 Å². The van der Waals surface area contributed by atoms with Crippen molar-refractivity contribution in [3.05, 3.63) is 70.2 Å². The van der Waals surface area contributed by atoms with Crippen LogP contribution in [0.1, 0.15) is 69.9 Å².